The lowest BCUT2D eigenvalue weighted by molar-refractivity contribution is 0.162. The van der Waals surface area contributed by atoms with Crippen LogP contribution in [0.15, 0.2) is 18.2 Å². The Morgan fingerprint density at radius 1 is 1.47 bits per heavy atom. The molecule has 1 unspecified atom stereocenters. The van der Waals surface area contributed by atoms with Crippen molar-refractivity contribution in [2.24, 2.45) is 5.92 Å². The van der Waals surface area contributed by atoms with Gasteiger partial charge in [-0.1, -0.05) is 17.7 Å². The van der Waals surface area contributed by atoms with Gasteiger partial charge in [0, 0.05) is 25.4 Å². The largest absolute Gasteiger partial charge is 0.396 e. The first-order valence-electron chi connectivity index (χ1n) is 6.84. The van der Waals surface area contributed by atoms with E-state index in [0.717, 1.165) is 36.7 Å². The molecule has 4 heteroatoms. The molecule has 1 aromatic rings. The highest BCUT2D eigenvalue weighted by Crippen LogP contribution is 2.20. The van der Waals surface area contributed by atoms with Crippen LogP contribution in [-0.2, 0) is 0 Å². The van der Waals surface area contributed by atoms with Crippen molar-refractivity contribution in [3.63, 3.8) is 0 Å². The molecular formula is C15H22N2OS. The summed E-state index contributed by atoms with van der Waals surface area (Å²) in [5.41, 5.74) is 3.53. The second-order valence-electron chi connectivity index (χ2n) is 5.39. The molecule has 0 spiro atoms. The summed E-state index contributed by atoms with van der Waals surface area (Å²) in [7, 11) is 0. The van der Waals surface area contributed by atoms with E-state index in [1.165, 1.54) is 11.1 Å². The molecule has 19 heavy (non-hydrogen) atoms. The average molecular weight is 278 g/mol. The topological polar surface area (TPSA) is 35.5 Å². The summed E-state index contributed by atoms with van der Waals surface area (Å²) in [5, 5.41) is 13.4. The number of nitrogens with zero attached hydrogens (tertiary/aromatic N) is 1. The van der Waals surface area contributed by atoms with Gasteiger partial charge < -0.3 is 15.3 Å². The van der Waals surface area contributed by atoms with Crippen LogP contribution in [0.25, 0.3) is 0 Å². The van der Waals surface area contributed by atoms with Crippen molar-refractivity contribution in [2.45, 2.75) is 26.7 Å². The lowest BCUT2D eigenvalue weighted by Crippen LogP contribution is -2.43. The van der Waals surface area contributed by atoms with Gasteiger partial charge in [0.05, 0.1) is 0 Å². The Morgan fingerprint density at radius 2 is 2.26 bits per heavy atom. The van der Waals surface area contributed by atoms with E-state index < -0.39 is 0 Å². The van der Waals surface area contributed by atoms with Crippen molar-refractivity contribution in [3.05, 3.63) is 29.3 Å². The molecular weight excluding hydrogens is 256 g/mol. The number of likely N-dealkylation sites (tertiary alicyclic amines) is 1. The quantitative estimate of drug-likeness (QED) is 0.815. The molecule has 1 aliphatic rings. The van der Waals surface area contributed by atoms with Gasteiger partial charge in [-0.25, -0.2) is 0 Å². The van der Waals surface area contributed by atoms with Crippen molar-refractivity contribution in [1.82, 2.24) is 4.90 Å². The first kappa shape index (κ1) is 14.3. The minimum atomic E-state index is 0.253. The minimum Gasteiger partial charge on any atom is -0.396 e. The number of hydrogen-bond donors (Lipinski definition) is 2. The average Bonchev–Trinajstić information content (AvgIpc) is 2.42. The molecule has 1 atom stereocenters. The highest BCUT2D eigenvalue weighted by Gasteiger charge is 2.21. The van der Waals surface area contributed by atoms with E-state index in [4.69, 9.17) is 12.2 Å². The molecule has 2 N–H and O–H groups in total. The summed E-state index contributed by atoms with van der Waals surface area (Å²) < 4.78 is 0. The van der Waals surface area contributed by atoms with Crippen molar-refractivity contribution >= 4 is 23.0 Å². The van der Waals surface area contributed by atoms with Gasteiger partial charge in [-0.3, -0.25) is 0 Å². The van der Waals surface area contributed by atoms with Gasteiger partial charge in [-0.05, 0) is 56.5 Å². The number of nitrogens with one attached hydrogen (secondary N) is 1. The Morgan fingerprint density at radius 3 is 2.95 bits per heavy atom. The maximum atomic E-state index is 9.26. The second-order valence-corrected chi connectivity index (χ2v) is 5.77. The molecule has 1 heterocycles. The van der Waals surface area contributed by atoms with Crippen molar-refractivity contribution in [1.29, 1.82) is 0 Å². The van der Waals surface area contributed by atoms with Crippen LogP contribution in [0.5, 0.6) is 0 Å². The van der Waals surface area contributed by atoms with Crippen molar-refractivity contribution in [2.75, 3.05) is 25.0 Å². The molecule has 2 rings (SSSR count). The van der Waals surface area contributed by atoms with E-state index in [9.17, 15) is 5.11 Å². The molecule has 0 bridgehead atoms. The summed E-state index contributed by atoms with van der Waals surface area (Å²) in [6, 6.07) is 6.31. The minimum absolute atomic E-state index is 0.253. The predicted octanol–water partition coefficient (Wildman–Crippen LogP) is 2.70. The van der Waals surface area contributed by atoms with E-state index in [1.54, 1.807) is 0 Å². The third kappa shape index (κ3) is 3.67. The molecule has 1 aliphatic heterocycles. The Kier molecular flexibility index (Phi) is 4.77. The van der Waals surface area contributed by atoms with Gasteiger partial charge in [0.2, 0.25) is 0 Å². The zero-order valence-electron chi connectivity index (χ0n) is 11.6. The number of benzene rings is 1. The van der Waals surface area contributed by atoms with E-state index in [0.29, 0.717) is 5.92 Å². The standard InChI is InChI=1S/C15H22N2OS/c1-11-5-6-14(12(2)8-11)16-15(19)17-7-3-4-13(9-17)10-18/h5-6,8,13,18H,3-4,7,9-10H2,1-2H3,(H,16,19). The maximum Gasteiger partial charge on any atom is 0.173 e. The number of anilines is 1. The molecule has 104 valence electrons. The number of hydrogen-bond acceptors (Lipinski definition) is 2. The fourth-order valence-electron chi connectivity index (χ4n) is 2.55. The fraction of sp³-hybridized carbons (Fsp3) is 0.533. The second kappa shape index (κ2) is 6.35. The van der Waals surface area contributed by atoms with E-state index in [2.05, 4.69) is 42.3 Å². The molecule has 0 amide bonds. The maximum absolute atomic E-state index is 9.26. The lowest BCUT2D eigenvalue weighted by Gasteiger charge is -2.34. The first-order chi connectivity index (χ1) is 9.10. The van der Waals surface area contributed by atoms with Crippen LogP contribution in [0.2, 0.25) is 0 Å². The van der Waals surface area contributed by atoms with Crippen LogP contribution in [0.3, 0.4) is 0 Å². The number of aliphatic hydroxyl groups excluding tert-OH is 1. The van der Waals surface area contributed by atoms with Gasteiger partial charge in [0.15, 0.2) is 5.11 Å². The van der Waals surface area contributed by atoms with Crippen LogP contribution in [0.4, 0.5) is 5.69 Å². The third-order valence-corrected chi connectivity index (χ3v) is 4.05. The van der Waals surface area contributed by atoms with Crippen LogP contribution in [0, 0.1) is 19.8 Å². The summed E-state index contributed by atoms with van der Waals surface area (Å²) in [5.74, 6) is 0.354. The number of piperidine rings is 1. The monoisotopic (exact) mass is 278 g/mol. The van der Waals surface area contributed by atoms with Gasteiger partial charge in [0.1, 0.15) is 0 Å². The van der Waals surface area contributed by atoms with Crippen molar-refractivity contribution in [3.8, 4) is 0 Å². The fourth-order valence-corrected chi connectivity index (χ4v) is 2.82. The molecule has 1 aromatic carbocycles. The van der Waals surface area contributed by atoms with Crippen molar-refractivity contribution < 1.29 is 5.11 Å². The Balaban J connectivity index is 2.00. The van der Waals surface area contributed by atoms with Gasteiger partial charge in [0.25, 0.3) is 0 Å². The summed E-state index contributed by atoms with van der Waals surface area (Å²) in [4.78, 5) is 2.17. The van der Waals surface area contributed by atoms with Crippen LogP contribution in [-0.4, -0.2) is 34.8 Å². The number of aryl methyl sites for hydroxylation is 2. The Hall–Kier alpha value is -1.13. The highest BCUT2D eigenvalue weighted by atomic mass is 32.1. The zero-order chi connectivity index (χ0) is 13.8. The third-order valence-electron chi connectivity index (χ3n) is 3.69. The smallest absolute Gasteiger partial charge is 0.173 e. The van der Waals surface area contributed by atoms with Crippen LogP contribution in [0.1, 0.15) is 24.0 Å². The number of thiocarbonyl (C=S) groups is 1. The lowest BCUT2D eigenvalue weighted by atomic mass is 9.99. The molecule has 0 aromatic heterocycles. The number of rotatable bonds is 2. The summed E-state index contributed by atoms with van der Waals surface area (Å²) in [6.45, 7) is 6.26. The molecule has 3 nitrogen and oxygen atoms in total. The van der Waals surface area contributed by atoms with Gasteiger partial charge >= 0.3 is 0 Å². The first-order valence-corrected chi connectivity index (χ1v) is 7.25. The van der Waals surface area contributed by atoms with E-state index in [-0.39, 0.29) is 6.61 Å². The Labute approximate surface area is 120 Å². The number of aliphatic hydroxyl groups is 1. The molecule has 1 saturated heterocycles. The SMILES string of the molecule is Cc1ccc(NC(=S)N2CCCC(CO)C2)c(C)c1. The molecule has 0 saturated carbocycles. The zero-order valence-corrected chi connectivity index (χ0v) is 12.5. The molecule has 0 radical (unpaired) electrons. The van der Waals surface area contributed by atoms with Gasteiger partial charge in [-0.15, -0.1) is 0 Å². The highest BCUT2D eigenvalue weighted by molar-refractivity contribution is 7.80. The van der Waals surface area contributed by atoms with Gasteiger partial charge in [-0.2, -0.15) is 0 Å². The summed E-state index contributed by atoms with van der Waals surface area (Å²) >= 11 is 5.48. The predicted molar refractivity (Wildman–Crippen MR) is 83.5 cm³/mol. The van der Waals surface area contributed by atoms with E-state index >= 15 is 0 Å². The molecule has 1 fully saturated rings. The van der Waals surface area contributed by atoms with E-state index in [1.807, 2.05) is 0 Å². The Bertz CT molecular complexity index is 461. The molecule has 0 aliphatic carbocycles. The normalized spacial score (nSPS) is 19.3. The van der Waals surface area contributed by atoms with Crippen LogP contribution < -0.4 is 5.32 Å². The summed E-state index contributed by atoms with van der Waals surface area (Å²) in [6.07, 6.45) is 2.19. The van der Waals surface area contributed by atoms with Crippen LogP contribution >= 0.6 is 12.2 Å².